The van der Waals surface area contributed by atoms with Crippen LogP contribution in [-0.4, -0.2) is 25.6 Å². The second-order valence-corrected chi connectivity index (χ2v) is 7.96. The summed E-state index contributed by atoms with van der Waals surface area (Å²) in [6, 6.07) is 11.7. The number of carbonyl (C=O) groups is 1. The number of nitrogens with one attached hydrogen (secondary N) is 2. The molecule has 0 atom stereocenters. The Morgan fingerprint density at radius 2 is 1.97 bits per heavy atom. The zero-order chi connectivity index (χ0) is 20.2. The molecule has 0 aliphatic rings. The second kappa shape index (κ2) is 8.37. The zero-order valence-corrected chi connectivity index (χ0v) is 16.3. The highest BCUT2D eigenvalue weighted by atomic mass is 32.2. The number of nitrogens with zero attached hydrogens (tertiary/aromatic N) is 4. The first kappa shape index (κ1) is 19.0. The minimum Gasteiger partial charge on any atom is -0.308 e. The lowest BCUT2D eigenvalue weighted by atomic mass is 10.3. The normalized spacial score (nSPS) is 10.8. The van der Waals surface area contributed by atoms with Crippen LogP contribution in [0.5, 0.6) is 0 Å². The maximum absolute atomic E-state index is 12.9. The van der Waals surface area contributed by atoms with Gasteiger partial charge in [0, 0.05) is 23.7 Å². The van der Waals surface area contributed by atoms with E-state index in [1.54, 1.807) is 18.3 Å². The molecule has 0 unspecified atom stereocenters. The number of benzene rings is 1. The van der Waals surface area contributed by atoms with Gasteiger partial charge in [0.05, 0.1) is 5.69 Å². The number of pyridine rings is 1. The smallest absolute Gasteiger partial charge is 0.308 e. The van der Waals surface area contributed by atoms with E-state index in [0.29, 0.717) is 32.3 Å². The first-order valence-corrected chi connectivity index (χ1v) is 10.1. The first-order chi connectivity index (χ1) is 14.1. The van der Waals surface area contributed by atoms with Gasteiger partial charge in [0.1, 0.15) is 11.5 Å². The van der Waals surface area contributed by atoms with Crippen molar-refractivity contribution in [1.29, 1.82) is 0 Å². The van der Waals surface area contributed by atoms with E-state index in [4.69, 9.17) is 0 Å². The number of fused-ring (bicyclic) bond motifs is 1. The number of anilines is 2. The quantitative estimate of drug-likeness (QED) is 0.372. The zero-order valence-electron chi connectivity index (χ0n) is 14.7. The summed E-state index contributed by atoms with van der Waals surface area (Å²) in [6.45, 7) is 0. The third-order valence-electron chi connectivity index (χ3n) is 3.70. The summed E-state index contributed by atoms with van der Waals surface area (Å²) in [5.41, 5.74) is 1.51. The number of carbonyl (C=O) groups excluding carboxylic acids is 1. The van der Waals surface area contributed by atoms with Crippen molar-refractivity contribution in [2.24, 2.45) is 0 Å². The SMILES string of the molecule is O=C(Nc1ccc(F)cc1)Nc1nnc(SCc2cc(=O)n3ccccc3n2)s1. The van der Waals surface area contributed by atoms with Gasteiger partial charge in [0.2, 0.25) is 5.13 Å². The van der Waals surface area contributed by atoms with Gasteiger partial charge in [-0.25, -0.2) is 14.2 Å². The fraction of sp³-hybridized carbons (Fsp3) is 0.0556. The Kier molecular flexibility index (Phi) is 5.49. The molecule has 146 valence electrons. The number of rotatable bonds is 5. The standard InChI is InChI=1S/C18H13FN6O2S2/c19-11-4-6-12(7-5-11)21-16(27)22-17-23-24-18(29-17)28-10-13-9-15(26)25-8-2-1-3-14(25)20-13/h1-9H,10H2,(H2,21,22,23,27). The summed E-state index contributed by atoms with van der Waals surface area (Å²) in [5.74, 6) is 0.0576. The lowest BCUT2D eigenvalue weighted by molar-refractivity contribution is 0.262. The van der Waals surface area contributed by atoms with E-state index in [1.165, 1.54) is 57.8 Å². The van der Waals surface area contributed by atoms with Crippen LogP contribution >= 0.6 is 23.1 Å². The Hall–Kier alpha value is -3.31. The molecule has 3 heterocycles. The van der Waals surface area contributed by atoms with Crippen molar-refractivity contribution in [1.82, 2.24) is 19.6 Å². The van der Waals surface area contributed by atoms with Crippen molar-refractivity contribution in [2.45, 2.75) is 10.1 Å². The molecular weight excluding hydrogens is 415 g/mol. The summed E-state index contributed by atoms with van der Waals surface area (Å²) < 4.78 is 15.0. The third-order valence-corrected chi connectivity index (χ3v) is 5.70. The Morgan fingerprint density at radius 3 is 2.79 bits per heavy atom. The summed E-state index contributed by atoms with van der Waals surface area (Å²) >= 11 is 2.56. The van der Waals surface area contributed by atoms with Gasteiger partial charge >= 0.3 is 6.03 Å². The van der Waals surface area contributed by atoms with E-state index in [0.717, 1.165) is 0 Å². The molecule has 0 aliphatic heterocycles. The molecule has 2 N–H and O–H groups in total. The number of amides is 2. The molecule has 0 aliphatic carbocycles. The molecule has 11 heteroatoms. The summed E-state index contributed by atoms with van der Waals surface area (Å²) in [5, 5.41) is 13.4. The molecule has 4 rings (SSSR count). The number of hydrogen-bond donors (Lipinski definition) is 2. The molecule has 0 spiro atoms. The Labute approximate surface area is 171 Å². The summed E-state index contributed by atoms with van der Waals surface area (Å²) in [6.07, 6.45) is 1.67. The minimum absolute atomic E-state index is 0.150. The van der Waals surface area contributed by atoms with E-state index in [1.807, 2.05) is 6.07 Å². The van der Waals surface area contributed by atoms with Crippen LogP contribution in [0.15, 0.2) is 63.9 Å². The molecule has 0 radical (unpaired) electrons. The van der Waals surface area contributed by atoms with Gasteiger partial charge in [-0.15, -0.1) is 10.2 Å². The van der Waals surface area contributed by atoms with Gasteiger partial charge in [-0.05, 0) is 36.4 Å². The van der Waals surface area contributed by atoms with Crippen molar-refractivity contribution < 1.29 is 9.18 Å². The molecule has 2 amide bonds. The number of hydrogen-bond acceptors (Lipinski definition) is 7. The van der Waals surface area contributed by atoms with E-state index in [-0.39, 0.29) is 11.4 Å². The largest absolute Gasteiger partial charge is 0.325 e. The van der Waals surface area contributed by atoms with Crippen LogP contribution in [0.4, 0.5) is 20.0 Å². The number of halogens is 1. The lowest BCUT2D eigenvalue weighted by Crippen LogP contribution is -2.19. The van der Waals surface area contributed by atoms with Crippen LogP contribution in [-0.2, 0) is 5.75 Å². The maximum Gasteiger partial charge on any atom is 0.325 e. The topological polar surface area (TPSA) is 101 Å². The predicted octanol–water partition coefficient (Wildman–Crippen LogP) is 3.62. The van der Waals surface area contributed by atoms with Crippen molar-refractivity contribution >= 4 is 45.6 Å². The second-order valence-electron chi connectivity index (χ2n) is 5.76. The molecule has 0 saturated carbocycles. The van der Waals surface area contributed by atoms with Crippen molar-refractivity contribution in [3.05, 3.63) is 76.6 Å². The molecular formula is C18H13FN6O2S2. The van der Waals surface area contributed by atoms with E-state index in [9.17, 15) is 14.0 Å². The van der Waals surface area contributed by atoms with Crippen LogP contribution in [0.25, 0.3) is 5.65 Å². The monoisotopic (exact) mass is 428 g/mol. The summed E-state index contributed by atoms with van der Waals surface area (Å²) in [4.78, 5) is 28.6. The van der Waals surface area contributed by atoms with Gasteiger partial charge < -0.3 is 5.32 Å². The molecule has 4 aromatic rings. The van der Waals surface area contributed by atoms with Crippen molar-refractivity contribution in [3.8, 4) is 0 Å². The molecule has 29 heavy (non-hydrogen) atoms. The summed E-state index contributed by atoms with van der Waals surface area (Å²) in [7, 11) is 0. The molecule has 0 saturated heterocycles. The maximum atomic E-state index is 12.9. The van der Waals surface area contributed by atoms with Crippen LogP contribution < -0.4 is 16.2 Å². The number of urea groups is 1. The Balaban J connectivity index is 1.36. The Bertz CT molecular complexity index is 1220. The highest BCUT2D eigenvalue weighted by Crippen LogP contribution is 2.27. The lowest BCUT2D eigenvalue weighted by Gasteiger charge is -2.04. The highest BCUT2D eigenvalue weighted by Gasteiger charge is 2.10. The van der Waals surface area contributed by atoms with Crippen molar-refractivity contribution in [2.75, 3.05) is 10.6 Å². The van der Waals surface area contributed by atoms with Gasteiger partial charge in [-0.3, -0.25) is 14.5 Å². The molecule has 3 aromatic heterocycles. The van der Waals surface area contributed by atoms with Crippen LogP contribution in [0, 0.1) is 5.82 Å². The highest BCUT2D eigenvalue weighted by molar-refractivity contribution is 8.00. The van der Waals surface area contributed by atoms with Crippen molar-refractivity contribution in [3.63, 3.8) is 0 Å². The Morgan fingerprint density at radius 1 is 1.14 bits per heavy atom. The van der Waals surface area contributed by atoms with Crippen LogP contribution in [0.1, 0.15) is 5.69 Å². The van der Waals surface area contributed by atoms with E-state index < -0.39 is 6.03 Å². The van der Waals surface area contributed by atoms with E-state index >= 15 is 0 Å². The fourth-order valence-corrected chi connectivity index (χ4v) is 4.06. The average Bonchev–Trinajstić information content (AvgIpc) is 3.15. The van der Waals surface area contributed by atoms with Gasteiger partial charge in [0.15, 0.2) is 4.34 Å². The van der Waals surface area contributed by atoms with Gasteiger partial charge in [-0.1, -0.05) is 29.2 Å². The number of thioether (sulfide) groups is 1. The molecule has 0 fully saturated rings. The minimum atomic E-state index is -0.506. The van der Waals surface area contributed by atoms with Gasteiger partial charge in [0.25, 0.3) is 5.56 Å². The molecule has 0 bridgehead atoms. The molecule has 1 aromatic carbocycles. The third kappa shape index (κ3) is 4.76. The fourth-order valence-electron chi connectivity index (χ4n) is 2.42. The average molecular weight is 428 g/mol. The number of aromatic nitrogens is 4. The first-order valence-electron chi connectivity index (χ1n) is 8.34. The van der Waals surface area contributed by atoms with Gasteiger partial charge in [-0.2, -0.15) is 0 Å². The van der Waals surface area contributed by atoms with Crippen LogP contribution in [0.3, 0.4) is 0 Å². The van der Waals surface area contributed by atoms with E-state index in [2.05, 4.69) is 25.8 Å². The predicted molar refractivity (Wildman–Crippen MR) is 110 cm³/mol. The molecule has 8 nitrogen and oxygen atoms in total. The van der Waals surface area contributed by atoms with Crippen LogP contribution in [0.2, 0.25) is 0 Å².